The highest BCUT2D eigenvalue weighted by Crippen LogP contribution is 2.28. The maximum atomic E-state index is 6.01. The molecule has 2 rings (SSSR count). The largest absolute Gasteiger partial charge is 0.457 e. The Labute approximate surface area is 115 Å². The molecule has 0 atom stereocenters. The standard InChI is InChI=1S/C17H21NO/c1-12-5-7-16(13(2)9-12)19-17-8-6-15(11-18-4)10-14(17)3/h5-10,18H,11H2,1-4H3. The molecule has 0 heterocycles. The number of rotatable bonds is 4. The first-order valence-corrected chi connectivity index (χ1v) is 6.59. The molecule has 19 heavy (non-hydrogen) atoms. The number of aryl methyl sites for hydroxylation is 3. The van der Waals surface area contributed by atoms with Gasteiger partial charge in [0.2, 0.25) is 0 Å². The summed E-state index contributed by atoms with van der Waals surface area (Å²) in [5, 5.41) is 3.15. The maximum absolute atomic E-state index is 6.01. The lowest BCUT2D eigenvalue weighted by Gasteiger charge is -2.12. The maximum Gasteiger partial charge on any atom is 0.130 e. The van der Waals surface area contributed by atoms with Crippen LogP contribution in [0.2, 0.25) is 0 Å². The zero-order valence-electron chi connectivity index (χ0n) is 12.1. The summed E-state index contributed by atoms with van der Waals surface area (Å²) in [6.07, 6.45) is 0. The third kappa shape index (κ3) is 3.36. The second kappa shape index (κ2) is 5.89. The summed E-state index contributed by atoms with van der Waals surface area (Å²) in [6.45, 7) is 7.13. The molecule has 0 aliphatic carbocycles. The van der Waals surface area contributed by atoms with E-state index >= 15 is 0 Å². The summed E-state index contributed by atoms with van der Waals surface area (Å²) in [7, 11) is 1.95. The van der Waals surface area contributed by atoms with Crippen molar-refractivity contribution in [1.29, 1.82) is 0 Å². The summed E-state index contributed by atoms with van der Waals surface area (Å²) < 4.78 is 6.01. The lowest BCUT2D eigenvalue weighted by Crippen LogP contribution is -2.05. The number of ether oxygens (including phenoxy) is 1. The van der Waals surface area contributed by atoms with Crippen LogP contribution in [0.4, 0.5) is 0 Å². The zero-order valence-corrected chi connectivity index (χ0v) is 12.1. The van der Waals surface area contributed by atoms with E-state index in [1.165, 1.54) is 16.7 Å². The average molecular weight is 255 g/mol. The molecule has 0 radical (unpaired) electrons. The minimum absolute atomic E-state index is 0.880. The van der Waals surface area contributed by atoms with Gasteiger partial charge in [0, 0.05) is 6.54 Å². The van der Waals surface area contributed by atoms with Crippen LogP contribution in [0.25, 0.3) is 0 Å². The molecule has 0 spiro atoms. The molecule has 0 saturated carbocycles. The van der Waals surface area contributed by atoms with Crippen molar-refractivity contribution in [3.63, 3.8) is 0 Å². The van der Waals surface area contributed by atoms with E-state index in [1.54, 1.807) is 0 Å². The molecule has 2 nitrogen and oxygen atoms in total. The van der Waals surface area contributed by atoms with Gasteiger partial charge in [-0.05, 0) is 56.6 Å². The molecule has 2 aromatic rings. The van der Waals surface area contributed by atoms with Crippen molar-refractivity contribution in [3.05, 3.63) is 58.7 Å². The molecule has 1 N–H and O–H groups in total. The van der Waals surface area contributed by atoms with Crippen LogP contribution in [0.5, 0.6) is 11.5 Å². The first-order chi connectivity index (χ1) is 9.10. The highest BCUT2D eigenvalue weighted by atomic mass is 16.5. The summed E-state index contributed by atoms with van der Waals surface area (Å²) in [5.74, 6) is 1.85. The molecule has 0 aliphatic heterocycles. The van der Waals surface area contributed by atoms with Crippen LogP contribution in [0.3, 0.4) is 0 Å². The molecule has 100 valence electrons. The number of benzene rings is 2. The van der Waals surface area contributed by atoms with Crippen LogP contribution in [-0.2, 0) is 6.54 Å². The van der Waals surface area contributed by atoms with Gasteiger partial charge >= 0.3 is 0 Å². The summed E-state index contributed by atoms with van der Waals surface area (Å²) in [4.78, 5) is 0. The quantitative estimate of drug-likeness (QED) is 0.887. The Kier molecular flexibility index (Phi) is 4.23. The molecule has 0 amide bonds. The van der Waals surface area contributed by atoms with Crippen LogP contribution >= 0.6 is 0 Å². The summed E-state index contributed by atoms with van der Waals surface area (Å²) in [6, 6.07) is 12.6. The van der Waals surface area contributed by atoms with Crippen molar-refractivity contribution in [2.24, 2.45) is 0 Å². The van der Waals surface area contributed by atoms with Gasteiger partial charge in [-0.3, -0.25) is 0 Å². The van der Waals surface area contributed by atoms with Crippen LogP contribution < -0.4 is 10.1 Å². The number of hydrogen-bond donors (Lipinski definition) is 1. The first kappa shape index (κ1) is 13.6. The van der Waals surface area contributed by atoms with Crippen LogP contribution in [0.1, 0.15) is 22.3 Å². The monoisotopic (exact) mass is 255 g/mol. The van der Waals surface area contributed by atoms with Crippen molar-refractivity contribution in [2.45, 2.75) is 27.3 Å². The van der Waals surface area contributed by atoms with Crippen molar-refractivity contribution < 1.29 is 4.74 Å². The van der Waals surface area contributed by atoms with E-state index in [-0.39, 0.29) is 0 Å². The van der Waals surface area contributed by atoms with E-state index in [0.717, 1.165) is 23.6 Å². The van der Waals surface area contributed by atoms with Crippen LogP contribution in [-0.4, -0.2) is 7.05 Å². The van der Waals surface area contributed by atoms with Gasteiger partial charge in [-0.15, -0.1) is 0 Å². The van der Waals surface area contributed by atoms with E-state index in [4.69, 9.17) is 4.74 Å². The van der Waals surface area contributed by atoms with Crippen molar-refractivity contribution in [3.8, 4) is 11.5 Å². The molecular formula is C17H21NO. The van der Waals surface area contributed by atoms with Gasteiger partial charge in [-0.25, -0.2) is 0 Å². The molecule has 0 aliphatic rings. The van der Waals surface area contributed by atoms with Gasteiger partial charge in [-0.1, -0.05) is 29.8 Å². The normalized spacial score (nSPS) is 10.5. The number of nitrogens with one attached hydrogen (secondary N) is 1. The van der Waals surface area contributed by atoms with E-state index in [9.17, 15) is 0 Å². The van der Waals surface area contributed by atoms with Crippen molar-refractivity contribution >= 4 is 0 Å². The van der Waals surface area contributed by atoms with E-state index in [2.05, 4.69) is 50.4 Å². The van der Waals surface area contributed by atoms with Crippen molar-refractivity contribution in [1.82, 2.24) is 5.32 Å². The highest BCUT2D eigenvalue weighted by Gasteiger charge is 2.05. The van der Waals surface area contributed by atoms with E-state index in [1.807, 2.05) is 19.2 Å². The number of hydrogen-bond acceptors (Lipinski definition) is 2. The fraction of sp³-hybridized carbons (Fsp3) is 0.294. The fourth-order valence-electron chi connectivity index (χ4n) is 2.17. The van der Waals surface area contributed by atoms with Crippen molar-refractivity contribution in [2.75, 3.05) is 7.05 Å². The van der Waals surface area contributed by atoms with E-state index < -0.39 is 0 Å². The molecular weight excluding hydrogens is 234 g/mol. The van der Waals surface area contributed by atoms with Crippen LogP contribution in [0.15, 0.2) is 36.4 Å². The fourth-order valence-corrected chi connectivity index (χ4v) is 2.17. The smallest absolute Gasteiger partial charge is 0.130 e. The minimum Gasteiger partial charge on any atom is -0.457 e. The molecule has 0 aromatic heterocycles. The van der Waals surface area contributed by atoms with Crippen LogP contribution in [0, 0.1) is 20.8 Å². The Hall–Kier alpha value is -1.80. The Bertz CT molecular complexity index is 575. The lowest BCUT2D eigenvalue weighted by atomic mass is 10.1. The molecule has 0 bridgehead atoms. The second-order valence-electron chi connectivity index (χ2n) is 5.00. The second-order valence-corrected chi connectivity index (χ2v) is 5.00. The Morgan fingerprint density at radius 2 is 1.53 bits per heavy atom. The van der Waals surface area contributed by atoms with Gasteiger partial charge in [-0.2, -0.15) is 0 Å². The van der Waals surface area contributed by atoms with Gasteiger partial charge in [0.1, 0.15) is 11.5 Å². The minimum atomic E-state index is 0.880. The zero-order chi connectivity index (χ0) is 13.8. The third-order valence-corrected chi connectivity index (χ3v) is 3.17. The molecule has 2 heteroatoms. The molecule has 0 fully saturated rings. The van der Waals surface area contributed by atoms with Gasteiger partial charge in [0.05, 0.1) is 0 Å². The van der Waals surface area contributed by atoms with E-state index in [0.29, 0.717) is 0 Å². The first-order valence-electron chi connectivity index (χ1n) is 6.59. The Balaban J connectivity index is 2.23. The average Bonchev–Trinajstić information content (AvgIpc) is 2.36. The SMILES string of the molecule is CNCc1ccc(Oc2ccc(C)cc2C)c(C)c1. The highest BCUT2D eigenvalue weighted by molar-refractivity contribution is 5.43. The molecule has 2 aromatic carbocycles. The Morgan fingerprint density at radius 1 is 0.895 bits per heavy atom. The summed E-state index contributed by atoms with van der Waals surface area (Å²) in [5.41, 5.74) is 4.85. The van der Waals surface area contributed by atoms with Gasteiger partial charge < -0.3 is 10.1 Å². The predicted molar refractivity (Wildman–Crippen MR) is 79.9 cm³/mol. The third-order valence-electron chi connectivity index (χ3n) is 3.17. The van der Waals surface area contributed by atoms with Gasteiger partial charge in [0.25, 0.3) is 0 Å². The Morgan fingerprint density at radius 3 is 2.11 bits per heavy atom. The topological polar surface area (TPSA) is 21.3 Å². The predicted octanol–water partition coefficient (Wildman–Crippen LogP) is 4.12. The molecule has 0 saturated heterocycles. The molecule has 0 unspecified atom stereocenters. The van der Waals surface area contributed by atoms with Gasteiger partial charge in [0.15, 0.2) is 0 Å². The summed E-state index contributed by atoms with van der Waals surface area (Å²) >= 11 is 0. The lowest BCUT2D eigenvalue weighted by molar-refractivity contribution is 0.474.